The molecule has 1 saturated heterocycles. The number of carbonyl (C=O) groups is 2. The highest BCUT2D eigenvalue weighted by Gasteiger charge is 2.27. The van der Waals surface area contributed by atoms with Gasteiger partial charge in [-0.1, -0.05) is 0 Å². The van der Waals surface area contributed by atoms with E-state index in [0.29, 0.717) is 43.9 Å². The van der Waals surface area contributed by atoms with Gasteiger partial charge in [0.15, 0.2) is 0 Å². The lowest BCUT2D eigenvalue weighted by atomic mass is 9.99. The largest absolute Gasteiger partial charge is 0.444 e. The fourth-order valence-electron chi connectivity index (χ4n) is 3.28. The predicted octanol–water partition coefficient (Wildman–Crippen LogP) is 1.88. The van der Waals surface area contributed by atoms with Crippen LogP contribution in [0.3, 0.4) is 0 Å². The van der Waals surface area contributed by atoms with Gasteiger partial charge >= 0.3 is 6.09 Å². The van der Waals surface area contributed by atoms with E-state index in [9.17, 15) is 14.4 Å². The number of aromatic amines is 1. The van der Waals surface area contributed by atoms with Crippen molar-refractivity contribution in [2.75, 3.05) is 26.2 Å². The summed E-state index contributed by atoms with van der Waals surface area (Å²) in [6.45, 7) is 10.8. The van der Waals surface area contributed by atoms with Crippen LogP contribution in [0.5, 0.6) is 0 Å². The van der Waals surface area contributed by atoms with Gasteiger partial charge in [0.05, 0.1) is 0 Å². The second-order valence-corrected chi connectivity index (χ2v) is 8.02. The highest BCUT2D eigenvalue weighted by molar-refractivity contribution is 5.77. The quantitative estimate of drug-likeness (QED) is 0.851. The fraction of sp³-hybridized carbons (Fsp3) is 0.600. The van der Waals surface area contributed by atoms with Crippen LogP contribution in [0.4, 0.5) is 4.79 Å². The van der Waals surface area contributed by atoms with E-state index in [1.807, 2.05) is 26.8 Å². The van der Waals surface area contributed by atoms with Gasteiger partial charge in [-0.3, -0.25) is 9.59 Å². The summed E-state index contributed by atoms with van der Waals surface area (Å²) < 4.78 is 5.36. The monoisotopic (exact) mass is 388 g/mol. The third-order valence-corrected chi connectivity index (χ3v) is 4.79. The number of aromatic nitrogens is 1. The van der Waals surface area contributed by atoms with Crippen LogP contribution < -0.4 is 5.56 Å². The molecule has 28 heavy (non-hydrogen) atoms. The van der Waals surface area contributed by atoms with Gasteiger partial charge in [0.25, 0.3) is 5.56 Å². The molecule has 0 bridgehead atoms. The summed E-state index contributed by atoms with van der Waals surface area (Å²) in [5.74, 6) is -0.00709. The number of hydrogen-bond acceptors (Lipinski definition) is 5. The Morgan fingerprint density at radius 1 is 1.14 bits per heavy atom. The normalized spacial score (nSPS) is 14.6. The minimum absolute atomic E-state index is 0.00709. The molecule has 1 aliphatic rings. The molecule has 0 spiro atoms. The second-order valence-electron chi connectivity index (χ2n) is 8.02. The van der Waals surface area contributed by atoms with Gasteiger partial charge < -0.3 is 19.5 Å². The molecule has 2 amide bonds. The number of carbonyl (C=O) groups excluding carboxylic acids is 2. The predicted molar refractivity (Wildman–Crippen MR) is 104 cm³/mol. The van der Waals surface area contributed by atoms with Crippen LogP contribution in [0.2, 0.25) is 0 Å². The molecule has 8 nitrogen and oxygen atoms in total. The van der Waals surface area contributed by atoms with E-state index < -0.39 is 11.2 Å². The Bertz CT molecular complexity index is 853. The van der Waals surface area contributed by atoms with E-state index in [1.165, 1.54) is 0 Å². The summed E-state index contributed by atoms with van der Waals surface area (Å²) >= 11 is 0. The molecule has 152 valence electrons. The maximum absolute atomic E-state index is 12.6. The molecule has 0 aromatic carbocycles. The molecule has 1 aromatic rings. The number of amides is 2. The molecular weight excluding hydrogens is 360 g/mol. The number of rotatable bonds is 3. The molecule has 8 heteroatoms. The van der Waals surface area contributed by atoms with Gasteiger partial charge in [-0.15, -0.1) is 0 Å². The van der Waals surface area contributed by atoms with Gasteiger partial charge in [0.2, 0.25) is 5.91 Å². The van der Waals surface area contributed by atoms with E-state index in [2.05, 4.69) is 4.98 Å². The number of pyridine rings is 1. The first-order valence-corrected chi connectivity index (χ1v) is 9.41. The Morgan fingerprint density at radius 3 is 2.25 bits per heavy atom. The zero-order valence-electron chi connectivity index (χ0n) is 17.2. The molecule has 2 rings (SSSR count). The van der Waals surface area contributed by atoms with Crippen LogP contribution in [0.1, 0.15) is 49.6 Å². The lowest BCUT2D eigenvalue weighted by molar-refractivity contribution is -0.132. The first-order chi connectivity index (χ1) is 13.0. The van der Waals surface area contributed by atoms with Gasteiger partial charge in [-0.05, 0) is 52.2 Å². The number of ether oxygens (including phenoxy) is 1. The van der Waals surface area contributed by atoms with Crippen molar-refractivity contribution in [3.05, 3.63) is 32.7 Å². The van der Waals surface area contributed by atoms with Crippen LogP contribution in [-0.2, 0) is 16.0 Å². The van der Waals surface area contributed by atoms with Crippen molar-refractivity contribution in [3.63, 3.8) is 0 Å². The number of H-pyrrole nitrogens is 1. The molecule has 1 aliphatic heterocycles. The van der Waals surface area contributed by atoms with E-state index in [4.69, 9.17) is 10.00 Å². The smallest absolute Gasteiger partial charge is 0.410 e. The maximum Gasteiger partial charge on any atom is 0.410 e. The average Bonchev–Trinajstić information content (AvgIpc) is 2.60. The number of nitrogens with one attached hydrogen (secondary N) is 1. The third kappa shape index (κ3) is 5.12. The summed E-state index contributed by atoms with van der Waals surface area (Å²) in [4.78, 5) is 42.5. The molecule has 0 radical (unpaired) electrons. The topological polar surface area (TPSA) is 106 Å². The van der Waals surface area contributed by atoms with Crippen LogP contribution >= 0.6 is 0 Å². The molecule has 0 aliphatic carbocycles. The Balaban J connectivity index is 1.93. The number of piperazine rings is 1. The lowest BCUT2D eigenvalue weighted by Gasteiger charge is -2.35. The summed E-state index contributed by atoms with van der Waals surface area (Å²) in [5, 5.41) is 9.15. The number of nitrogens with zero attached hydrogens (tertiary/aromatic N) is 3. The molecule has 2 heterocycles. The van der Waals surface area contributed by atoms with Crippen molar-refractivity contribution in [2.45, 2.75) is 53.1 Å². The Hall–Kier alpha value is -2.82. The molecular formula is C20H28N4O4. The summed E-state index contributed by atoms with van der Waals surface area (Å²) in [7, 11) is 0. The molecule has 0 unspecified atom stereocenters. The number of hydrogen-bond donors (Lipinski definition) is 1. The molecule has 0 atom stereocenters. The summed E-state index contributed by atoms with van der Waals surface area (Å²) in [6, 6.07) is 1.93. The summed E-state index contributed by atoms with van der Waals surface area (Å²) in [6.07, 6.45) is 0.377. The van der Waals surface area contributed by atoms with Crippen molar-refractivity contribution in [3.8, 4) is 6.07 Å². The van der Waals surface area contributed by atoms with E-state index in [-0.39, 0.29) is 24.0 Å². The van der Waals surface area contributed by atoms with Crippen LogP contribution in [0, 0.1) is 25.2 Å². The third-order valence-electron chi connectivity index (χ3n) is 4.79. The van der Waals surface area contributed by atoms with E-state index in [0.717, 1.165) is 5.56 Å². The fourth-order valence-corrected chi connectivity index (χ4v) is 3.28. The highest BCUT2D eigenvalue weighted by Crippen LogP contribution is 2.17. The Kier molecular flexibility index (Phi) is 6.49. The standard InChI is InChI=1S/C20H28N4O4/c1-13-15(14(2)22-18(26)16(13)12-21)6-7-17(25)23-8-10-24(11-9-23)19(27)28-20(3,4)5/h6-11H2,1-5H3,(H,22,26). The minimum Gasteiger partial charge on any atom is -0.444 e. The first kappa shape index (κ1) is 21.5. The average molecular weight is 388 g/mol. The lowest BCUT2D eigenvalue weighted by Crippen LogP contribution is -2.51. The zero-order chi connectivity index (χ0) is 21.1. The van der Waals surface area contributed by atoms with Gasteiger partial charge in [0.1, 0.15) is 17.2 Å². The second kappa shape index (κ2) is 8.46. The van der Waals surface area contributed by atoms with Crippen molar-refractivity contribution < 1.29 is 14.3 Å². The summed E-state index contributed by atoms with van der Waals surface area (Å²) in [5.41, 5.74) is 1.30. The van der Waals surface area contributed by atoms with Gasteiger partial charge in [0, 0.05) is 38.3 Å². The Morgan fingerprint density at radius 2 is 1.71 bits per heavy atom. The van der Waals surface area contributed by atoms with Crippen LogP contribution in [0.15, 0.2) is 4.79 Å². The van der Waals surface area contributed by atoms with Gasteiger partial charge in [-0.2, -0.15) is 5.26 Å². The van der Waals surface area contributed by atoms with Crippen molar-refractivity contribution in [1.29, 1.82) is 5.26 Å². The number of aryl methyl sites for hydroxylation is 1. The molecule has 1 fully saturated rings. The van der Waals surface area contributed by atoms with Crippen molar-refractivity contribution in [1.82, 2.24) is 14.8 Å². The zero-order valence-corrected chi connectivity index (χ0v) is 17.2. The molecule has 1 N–H and O–H groups in total. The van der Waals surface area contributed by atoms with Crippen LogP contribution in [0.25, 0.3) is 0 Å². The van der Waals surface area contributed by atoms with E-state index in [1.54, 1.807) is 23.6 Å². The minimum atomic E-state index is -0.543. The van der Waals surface area contributed by atoms with E-state index >= 15 is 0 Å². The Labute approximate surface area is 165 Å². The van der Waals surface area contributed by atoms with Crippen LogP contribution in [-0.4, -0.2) is 58.6 Å². The van der Waals surface area contributed by atoms with Crippen molar-refractivity contribution in [2.24, 2.45) is 0 Å². The van der Waals surface area contributed by atoms with Crippen molar-refractivity contribution >= 4 is 12.0 Å². The first-order valence-electron chi connectivity index (χ1n) is 9.41. The molecule has 1 aromatic heterocycles. The SMILES string of the molecule is Cc1[nH]c(=O)c(C#N)c(C)c1CCC(=O)N1CCN(C(=O)OC(C)(C)C)CC1. The highest BCUT2D eigenvalue weighted by atomic mass is 16.6. The molecule has 0 saturated carbocycles. The maximum atomic E-state index is 12.6. The van der Waals surface area contributed by atoms with Gasteiger partial charge in [-0.25, -0.2) is 4.79 Å². The number of nitriles is 1.